The molecule has 108 valence electrons. The van der Waals surface area contributed by atoms with E-state index in [1.807, 2.05) is 11.8 Å². The van der Waals surface area contributed by atoms with Gasteiger partial charge < -0.3 is 5.73 Å². The van der Waals surface area contributed by atoms with E-state index < -0.39 is 10.0 Å². The van der Waals surface area contributed by atoms with Gasteiger partial charge >= 0.3 is 0 Å². The average Bonchev–Trinajstić information content (AvgIpc) is 2.52. The van der Waals surface area contributed by atoms with Gasteiger partial charge in [0.25, 0.3) is 0 Å². The molecule has 0 saturated carbocycles. The molecule has 8 heteroatoms. The van der Waals surface area contributed by atoms with E-state index in [1.54, 1.807) is 7.05 Å². The molecule has 0 unspecified atom stereocenters. The van der Waals surface area contributed by atoms with Crippen LogP contribution >= 0.6 is 11.8 Å². The number of aryl methyl sites for hydroxylation is 1. The van der Waals surface area contributed by atoms with E-state index in [4.69, 9.17) is 5.73 Å². The first-order valence-electron chi connectivity index (χ1n) is 6.16. The molecule has 1 saturated heterocycles. The first kappa shape index (κ1) is 14.7. The van der Waals surface area contributed by atoms with Gasteiger partial charge in [-0.2, -0.15) is 21.2 Å². The van der Waals surface area contributed by atoms with Crippen molar-refractivity contribution in [3.63, 3.8) is 0 Å². The molecular weight excluding hydrogens is 284 g/mol. The number of sulfonamides is 1. The molecule has 0 aromatic carbocycles. The second kappa shape index (κ2) is 4.99. The lowest BCUT2D eigenvalue weighted by molar-refractivity contribution is 0.415. The van der Waals surface area contributed by atoms with E-state index in [9.17, 15) is 8.42 Å². The normalized spacial score (nSPS) is 21.2. The third kappa shape index (κ3) is 3.06. The van der Waals surface area contributed by atoms with E-state index >= 15 is 0 Å². The largest absolute Gasteiger partial charge is 0.381 e. The van der Waals surface area contributed by atoms with Crippen LogP contribution in [0.4, 0.5) is 5.82 Å². The zero-order valence-electron chi connectivity index (χ0n) is 11.5. The quantitative estimate of drug-likeness (QED) is 0.878. The summed E-state index contributed by atoms with van der Waals surface area (Å²) in [5.41, 5.74) is 5.68. The van der Waals surface area contributed by atoms with Crippen molar-refractivity contribution in [3.8, 4) is 0 Å². The van der Waals surface area contributed by atoms with E-state index in [-0.39, 0.29) is 15.5 Å². The summed E-state index contributed by atoms with van der Waals surface area (Å²) in [7, 11) is -1.87. The van der Waals surface area contributed by atoms with Crippen LogP contribution in [0.3, 0.4) is 0 Å². The highest BCUT2D eigenvalue weighted by molar-refractivity contribution is 8.00. The molecule has 0 spiro atoms. The number of anilines is 1. The summed E-state index contributed by atoms with van der Waals surface area (Å²) < 4.78 is 28.2. The fourth-order valence-corrected chi connectivity index (χ4v) is 4.81. The Morgan fingerprint density at radius 2 is 2.11 bits per heavy atom. The monoisotopic (exact) mass is 304 g/mol. The summed E-state index contributed by atoms with van der Waals surface area (Å²) in [6.45, 7) is 5.33. The van der Waals surface area contributed by atoms with Crippen LogP contribution in [-0.2, 0) is 17.1 Å². The van der Waals surface area contributed by atoms with E-state index in [0.717, 1.165) is 12.2 Å². The zero-order valence-corrected chi connectivity index (χ0v) is 13.1. The third-order valence-corrected chi connectivity index (χ3v) is 6.52. The topological polar surface area (TPSA) is 81.2 Å². The summed E-state index contributed by atoms with van der Waals surface area (Å²) >= 11 is 1.81. The lowest BCUT2D eigenvalue weighted by Crippen LogP contribution is -2.33. The Bertz CT molecular complexity index is 565. The molecule has 1 aromatic rings. The average molecular weight is 304 g/mol. The molecule has 2 rings (SSSR count). The molecule has 1 aromatic heterocycles. The first-order chi connectivity index (χ1) is 8.72. The van der Waals surface area contributed by atoms with Gasteiger partial charge in [0.2, 0.25) is 10.0 Å². The number of rotatable bonds is 2. The minimum absolute atomic E-state index is 0.0682. The van der Waals surface area contributed by atoms with E-state index in [2.05, 4.69) is 18.9 Å². The Morgan fingerprint density at radius 3 is 2.68 bits per heavy atom. The molecule has 2 N–H and O–H groups in total. The van der Waals surface area contributed by atoms with Crippen LogP contribution in [0.15, 0.2) is 11.1 Å². The van der Waals surface area contributed by atoms with Crippen LogP contribution in [0.2, 0.25) is 0 Å². The number of nitrogens with two attached hydrogens (primary N) is 1. The number of aromatic nitrogens is 2. The van der Waals surface area contributed by atoms with E-state index in [1.165, 1.54) is 15.2 Å². The molecule has 1 aliphatic rings. The Labute approximate surface area is 118 Å². The third-order valence-electron chi connectivity index (χ3n) is 3.24. The standard InChI is InChI=1S/C11H20N4O2S2/c1-11(2)4-5-15(6-7-18-11)19(16,17)9-8-14(3)13-10(9)12/h8H,4-7H2,1-3H3,(H2,12,13). The summed E-state index contributed by atoms with van der Waals surface area (Å²) in [6, 6.07) is 0. The molecule has 1 fully saturated rings. The number of nitrogens with zero attached hydrogens (tertiary/aromatic N) is 3. The van der Waals surface area contributed by atoms with Gasteiger partial charge in [-0.15, -0.1) is 0 Å². The van der Waals surface area contributed by atoms with Gasteiger partial charge in [-0.25, -0.2) is 8.42 Å². The molecule has 0 radical (unpaired) electrons. The Balaban J connectivity index is 2.28. The van der Waals surface area contributed by atoms with Crippen molar-refractivity contribution in [1.82, 2.24) is 14.1 Å². The van der Waals surface area contributed by atoms with Gasteiger partial charge in [-0.1, -0.05) is 13.8 Å². The maximum atomic E-state index is 12.6. The maximum absolute atomic E-state index is 12.6. The first-order valence-corrected chi connectivity index (χ1v) is 8.58. The number of nitrogen functional groups attached to an aromatic ring is 1. The van der Waals surface area contributed by atoms with Crippen molar-refractivity contribution in [2.75, 3.05) is 24.6 Å². The summed E-state index contributed by atoms with van der Waals surface area (Å²) in [5, 5.41) is 3.91. The predicted octanol–water partition coefficient (Wildman–Crippen LogP) is 0.909. The number of hydrogen-bond acceptors (Lipinski definition) is 5. The fourth-order valence-electron chi connectivity index (χ4n) is 2.06. The van der Waals surface area contributed by atoms with Gasteiger partial charge in [0.05, 0.1) is 0 Å². The molecule has 0 amide bonds. The van der Waals surface area contributed by atoms with E-state index in [0.29, 0.717) is 13.1 Å². The Morgan fingerprint density at radius 1 is 1.42 bits per heavy atom. The van der Waals surface area contributed by atoms with Crippen LogP contribution in [0, 0.1) is 0 Å². The molecule has 1 aliphatic heterocycles. The molecule has 19 heavy (non-hydrogen) atoms. The molecule has 0 atom stereocenters. The van der Waals surface area contributed by atoms with Crippen molar-refractivity contribution >= 4 is 27.6 Å². The highest BCUT2D eigenvalue weighted by Gasteiger charge is 2.32. The Kier molecular flexibility index (Phi) is 3.85. The lowest BCUT2D eigenvalue weighted by Gasteiger charge is -2.22. The van der Waals surface area contributed by atoms with Gasteiger partial charge in [0.15, 0.2) is 5.82 Å². The van der Waals surface area contributed by atoms with Gasteiger partial charge in [0.1, 0.15) is 4.90 Å². The van der Waals surface area contributed by atoms with Crippen LogP contribution < -0.4 is 5.73 Å². The molecule has 2 heterocycles. The Hall–Kier alpha value is -0.730. The SMILES string of the molecule is Cn1cc(S(=O)(=O)N2CCSC(C)(C)CC2)c(N)n1. The zero-order chi connectivity index (χ0) is 14.3. The van der Waals surface area contributed by atoms with Crippen molar-refractivity contribution < 1.29 is 8.42 Å². The summed E-state index contributed by atoms with van der Waals surface area (Å²) in [4.78, 5) is 0.111. The van der Waals surface area contributed by atoms with Crippen molar-refractivity contribution in [1.29, 1.82) is 0 Å². The highest BCUT2D eigenvalue weighted by atomic mass is 32.2. The molecule has 6 nitrogen and oxygen atoms in total. The van der Waals surface area contributed by atoms with Crippen molar-refractivity contribution in [2.24, 2.45) is 7.05 Å². The fraction of sp³-hybridized carbons (Fsp3) is 0.727. The summed E-state index contributed by atoms with van der Waals surface area (Å²) in [5.74, 6) is 0.866. The van der Waals surface area contributed by atoms with Gasteiger partial charge in [-0.05, 0) is 6.42 Å². The highest BCUT2D eigenvalue weighted by Crippen LogP contribution is 2.33. The maximum Gasteiger partial charge on any atom is 0.248 e. The van der Waals surface area contributed by atoms with Crippen molar-refractivity contribution in [2.45, 2.75) is 29.9 Å². The lowest BCUT2D eigenvalue weighted by atomic mass is 10.1. The van der Waals surface area contributed by atoms with Crippen LogP contribution in [0.1, 0.15) is 20.3 Å². The second-order valence-corrected chi connectivity index (χ2v) is 9.02. The van der Waals surface area contributed by atoms with Crippen LogP contribution in [-0.4, -0.2) is 46.1 Å². The summed E-state index contributed by atoms with van der Waals surface area (Å²) in [6.07, 6.45) is 2.30. The predicted molar refractivity (Wildman–Crippen MR) is 77.5 cm³/mol. The minimum Gasteiger partial charge on any atom is -0.381 e. The number of hydrogen-bond donors (Lipinski definition) is 1. The van der Waals surface area contributed by atoms with Gasteiger partial charge in [0, 0.05) is 36.8 Å². The second-order valence-electron chi connectivity index (χ2n) is 5.31. The number of thioether (sulfide) groups is 1. The minimum atomic E-state index is -3.53. The smallest absolute Gasteiger partial charge is 0.248 e. The van der Waals surface area contributed by atoms with Gasteiger partial charge in [-0.3, -0.25) is 4.68 Å². The van der Waals surface area contributed by atoms with Crippen LogP contribution in [0.5, 0.6) is 0 Å². The molecule has 0 aliphatic carbocycles. The van der Waals surface area contributed by atoms with Crippen molar-refractivity contribution in [3.05, 3.63) is 6.20 Å². The molecular formula is C11H20N4O2S2. The van der Waals surface area contributed by atoms with Crippen LogP contribution in [0.25, 0.3) is 0 Å². The molecule has 0 bridgehead atoms.